The smallest absolute Gasteiger partial charge is 0.273 e. The second kappa shape index (κ2) is 7.43. The van der Waals surface area contributed by atoms with E-state index >= 15 is 0 Å². The van der Waals surface area contributed by atoms with E-state index in [9.17, 15) is 14.9 Å². The minimum atomic E-state index is -0.499. The number of rotatable bonds is 5. The van der Waals surface area contributed by atoms with Crippen LogP contribution in [0.5, 0.6) is 5.75 Å². The summed E-state index contributed by atoms with van der Waals surface area (Å²) in [5.41, 5.74) is 2.65. The molecule has 7 nitrogen and oxygen atoms in total. The van der Waals surface area contributed by atoms with Crippen molar-refractivity contribution < 1.29 is 14.5 Å². The summed E-state index contributed by atoms with van der Waals surface area (Å²) in [6.45, 7) is 2.66. The van der Waals surface area contributed by atoms with Gasteiger partial charge in [-0.15, -0.1) is 0 Å². The molecule has 1 heterocycles. The number of anilines is 2. The van der Waals surface area contributed by atoms with Crippen LogP contribution in [-0.2, 0) is 11.2 Å². The van der Waals surface area contributed by atoms with E-state index in [0.29, 0.717) is 5.69 Å². The zero-order valence-corrected chi connectivity index (χ0v) is 14.8. The van der Waals surface area contributed by atoms with Crippen LogP contribution >= 0.6 is 0 Å². The number of hydrogen-bond donors (Lipinski definition) is 1. The highest BCUT2D eigenvalue weighted by molar-refractivity contribution is 5.98. The van der Waals surface area contributed by atoms with Crippen LogP contribution in [0.1, 0.15) is 18.9 Å². The molecular weight excluding hydrogens is 334 g/mol. The number of fused-ring (bicyclic) bond motifs is 1. The van der Waals surface area contributed by atoms with E-state index in [1.165, 1.54) is 30.9 Å². The highest BCUT2D eigenvalue weighted by Gasteiger charge is 2.26. The molecule has 0 bridgehead atoms. The van der Waals surface area contributed by atoms with Gasteiger partial charge in [0.25, 0.3) is 5.69 Å². The van der Waals surface area contributed by atoms with Crippen LogP contribution < -0.4 is 15.0 Å². The number of benzene rings is 2. The molecule has 0 unspecified atom stereocenters. The van der Waals surface area contributed by atoms with Crippen LogP contribution in [0.2, 0.25) is 0 Å². The van der Waals surface area contributed by atoms with Gasteiger partial charge >= 0.3 is 0 Å². The summed E-state index contributed by atoms with van der Waals surface area (Å²) >= 11 is 0. The predicted molar refractivity (Wildman–Crippen MR) is 99.8 cm³/mol. The van der Waals surface area contributed by atoms with Crippen LogP contribution in [0, 0.1) is 10.1 Å². The van der Waals surface area contributed by atoms with Gasteiger partial charge in [-0.25, -0.2) is 0 Å². The van der Waals surface area contributed by atoms with E-state index in [1.54, 1.807) is 0 Å². The van der Waals surface area contributed by atoms with Crippen LogP contribution in [0.25, 0.3) is 0 Å². The Kier molecular flexibility index (Phi) is 5.06. The third-order valence-corrected chi connectivity index (χ3v) is 4.65. The number of methoxy groups -OCH3 is 1. The standard InChI is InChI=1S/C19H21N3O4/c1-13(21-11-5-7-14-6-3-4-8-17(14)21)19(23)20-16-10-9-15(22(24)25)12-18(16)26-2/h3-4,6,8-10,12-13H,5,7,11H2,1-2H3,(H,20,23)/t13-/m0/s1. The number of carbonyl (C=O) groups is 1. The molecule has 0 fully saturated rings. The van der Waals surface area contributed by atoms with Gasteiger partial charge in [0.2, 0.25) is 5.91 Å². The lowest BCUT2D eigenvalue weighted by atomic mass is 10.00. The van der Waals surface area contributed by atoms with Crippen molar-refractivity contribution in [2.24, 2.45) is 0 Å². The molecule has 2 aromatic carbocycles. The van der Waals surface area contributed by atoms with E-state index in [2.05, 4.69) is 16.3 Å². The number of aryl methyl sites for hydroxylation is 1. The van der Waals surface area contributed by atoms with Gasteiger partial charge in [-0.05, 0) is 37.5 Å². The third kappa shape index (κ3) is 3.46. The first-order valence-electron chi connectivity index (χ1n) is 8.49. The average molecular weight is 355 g/mol. The molecule has 1 amide bonds. The maximum Gasteiger partial charge on any atom is 0.273 e. The first-order chi connectivity index (χ1) is 12.5. The Morgan fingerprint density at radius 3 is 2.81 bits per heavy atom. The van der Waals surface area contributed by atoms with Crippen molar-refractivity contribution in [2.45, 2.75) is 25.8 Å². The minimum absolute atomic E-state index is 0.0853. The summed E-state index contributed by atoms with van der Waals surface area (Å²) in [5.74, 6) is 0.0765. The number of nitrogens with zero attached hydrogens (tertiary/aromatic N) is 2. The second-order valence-electron chi connectivity index (χ2n) is 6.23. The van der Waals surface area contributed by atoms with Gasteiger partial charge < -0.3 is 15.0 Å². The monoisotopic (exact) mass is 355 g/mol. The van der Waals surface area contributed by atoms with Crippen LogP contribution in [0.4, 0.5) is 17.1 Å². The number of nitro benzene ring substituents is 1. The fourth-order valence-corrected chi connectivity index (χ4v) is 3.24. The lowest BCUT2D eigenvalue weighted by Crippen LogP contribution is -2.44. The van der Waals surface area contributed by atoms with Crippen LogP contribution in [-0.4, -0.2) is 30.5 Å². The Hall–Kier alpha value is -3.09. The molecule has 26 heavy (non-hydrogen) atoms. The van der Waals surface area contributed by atoms with Gasteiger partial charge in [0.1, 0.15) is 11.8 Å². The molecule has 136 valence electrons. The summed E-state index contributed by atoms with van der Waals surface area (Å²) < 4.78 is 5.19. The number of carbonyl (C=O) groups excluding carboxylic acids is 1. The predicted octanol–water partition coefficient (Wildman–Crippen LogP) is 3.38. The molecule has 1 aliphatic rings. The number of ether oxygens (including phenoxy) is 1. The van der Waals surface area contributed by atoms with Crippen molar-refractivity contribution >= 4 is 23.0 Å². The highest BCUT2D eigenvalue weighted by atomic mass is 16.6. The summed E-state index contributed by atoms with van der Waals surface area (Å²) in [6.07, 6.45) is 2.01. The zero-order valence-electron chi connectivity index (χ0n) is 14.8. The van der Waals surface area contributed by atoms with Crippen LogP contribution in [0.3, 0.4) is 0 Å². The Morgan fingerprint density at radius 1 is 1.31 bits per heavy atom. The number of nitro groups is 1. The van der Waals surface area contributed by atoms with E-state index in [-0.39, 0.29) is 23.4 Å². The van der Waals surface area contributed by atoms with Gasteiger partial charge in [-0.1, -0.05) is 18.2 Å². The molecule has 1 N–H and O–H groups in total. The molecule has 1 atom stereocenters. The molecule has 0 saturated carbocycles. The van der Waals surface area contributed by atoms with Crippen molar-refractivity contribution in [3.63, 3.8) is 0 Å². The van der Waals surface area contributed by atoms with Crippen molar-refractivity contribution in [1.29, 1.82) is 0 Å². The molecule has 7 heteroatoms. The molecule has 0 saturated heterocycles. The third-order valence-electron chi connectivity index (χ3n) is 4.65. The number of para-hydroxylation sites is 1. The van der Waals surface area contributed by atoms with Crippen molar-refractivity contribution in [2.75, 3.05) is 23.9 Å². The van der Waals surface area contributed by atoms with Crippen LogP contribution in [0.15, 0.2) is 42.5 Å². The van der Waals surface area contributed by atoms with Gasteiger partial charge in [0.15, 0.2) is 0 Å². The Morgan fingerprint density at radius 2 is 2.08 bits per heavy atom. The van der Waals surface area contributed by atoms with E-state index in [1.807, 2.05) is 25.1 Å². The van der Waals surface area contributed by atoms with Gasteiger partial charge in [-0.2, -0.15) is 0 Å². The second-order valence-corrected chi connectivity index (χ2v) is 6.23. The Balaban J connectivity index is 1.79. The number of nitrogens with one attached hydrogen (secondary N) is 1. The van der Waals surface area contributed by atoms with E-state index in [4.69, 9.17) is 4.74 Å². The van der Waals surface area contributed by atoms with Gasteiger partial charge in [-0.3, -0.25) is 14.9 Å². The van der Waals surface area contributed by atoms with Crippen molar-refractivity contribution in [3.05, 3.63) is 58.1 Å². The molecule has 2 aromatic rings. The molecule has 0 radical (unpaired) electrons. The molecule has 0 aliphatic carbocycles. The van der Waals surface area contributed by atoms with Gasteiger partial charge in [0, 0.05) is 18.3 Å². The lowest BCUT2D eigenvalue weighted by molar-refractivity contribution is -0.384. The molecule has 3 rings (SSSR count). The Labute approximate surface area is 151 Å². The summed E-state index contributed by atoms with van der Waals surface area (Å²) in [6, 6.07) is 11.9. The average Bonchev–Trinajstić information content (AvgIpc) is 2.67. The molecular formula is C19H21N3O4. The SMILES string of the molecule is COc1cc([N+](=O)[O-])ccc1NC(=O)[C@H](C)N1CCCc2ccccc21. The number of hydrogen-bond acceptors (Lipinski definition) is 5. The minimum Gasteiger partial charge on any atom is -0.494 e. The van der Waals surface area contributed by atoms with Crippen molar-refractivity contribution in [3.8, 4) is 5.75 Å². The first kappa shape index (κ1) is 17.7. The first-order valence-corrected chi connectivity index (χ1v) is 8.49. The highest BCUT2D eigenvalue weighted by Crippen LogP contribution is 2.31. The topological polar surface area (TPSA) is 84.7 Å². The fourth-order valence-electron chi connectivity index (χ4n) is 3.24. The molecule has 0 aromatic heterocycles. The summed E-state index contributed by atoms with van der Waals surface area (Å²) in [5, 5.41) is 13.7. The van der Waals surface area contributed by atoms with Crippen molar-refractivity contribution in [1.82, 2.24) is 0 Å². The molecule has 0 spiro atoms. The van der Waals surface area contributed by atoms with Gasteiger partial charge in [0.05, 0.1) is 23.8 Å². The largest absolute Gasteiger partial charge is 0.494 e. The zero-order chi connectivity index (χ0) is 18.7. The molecule has 1 aliphatic heterocycles. The van der Waals surface area contributed by atoms with E-state index in [0.717, 1.165) is 25.1 Å². The summed E-state index contributed by atoms with van der Waals surface area (Å²) in [7, 11) is 1.42. The number of amides is 1. The van der Waals surface area contributed by atoms with E-state index < -0.39 is 4.92 Å². The Bertz CT molecular complexity index is 837. The number of non-ortho nitro benzene ring substituents is 1. The lowest BCUT2D eigenvalue weighted by Gasteiger charge is -2.35. The maximum atomic E-state index is 12.8. The fraction of sp³-hybridized carbons (Fsp3) is 0.316. The summed E-state index contributed by atoms with van der Waals surface area (Å²) in [4.78, 5) is 25.2. The normalized spacial score (nSPS) is 14.3. The maximum absolute atomic E-state index is 12.8. The quantitative estimate of drug-likeness (QED) is 0.656.